The van der Waals surface area contributed by atoms with Gasteiger partial charge in [0, 0.05) is 7.85 Å². The Morgan fingerprint density at radius 2 is 1.67 bits per heavy atom. The minimum atomic E-state index is 0.727. The fourth-order valence-corrected chi connectivity index (χ4v) is 1.72. The molecule has 0 aliphatic rings. The predicted octanol–water partition coefficient (Wildman–Crippen LogP) is 3.43. The zero-order valence-corrected chi connectivity index (χ0v) is 9.76. The first kappa shape index (κ1) is 10.5. The fourth-order valence-electron chi connectivity index (χ4n) is 0.557. The third-order valence-electron chi connectivity index (χ3n) is 1.15. The molecule has 0 bridgehead atoms. The van der Waals surface area contributed by atoms with E-state index >= 15 is 0 Å². The molecule has 9 heavy (non-hydrogen) atoms. The van der Waals surface area contributed by atoms with Gasteiger partial charge in [0.25, 0.3) is 0 Å². The molecule has 0 aliphatic carbocycles. The first-order chi connectivity index (χ1) is 4.22. The van der Waals surface area contributed by atoms with Crippen molar-refractivity contribution in [1.29, 1.82) is 0 Å². The van der Waals surface area contributed by atoms with Crippen molar-refractivity contribution < 1.29 is 0 Å². The lowest BCUT2D eigenvalue weighted by Crippen LogP contribution is -2.11. The Labute approximate surface area is 85.5 Å². The van der Waals surface area contributed by atoms with Gasteiger partial charge in [-0.1, -0.05) is 65.5 Å². The van der Waals surface area contributed by atoms with Crippen molar-refractivity contribution in [3.8, 4) is 0 Å². The average molecular weight is 350 g/mol. The van der Waals surface area contributed by atoms with Crippen molar-refractivity contribution in [3.05, 3.63) is 13.8 Å². The molecule has 2 unspecified atom stereocenters. The van der Waals surface area contributed by atoms with E-state index in [2.05, 4.69) is 59.0 Å². The molecule has 0 spiro atoms. The van der Waals surface area contributed by atoms with E-state index in [1.807, 2.05) is 0 Å². The van der Waals surface area contributed by atoms with Gasteiger partial charge in [0.1, 0.15) is 0 Å². The summed E-state index contributed by atoms with van der Waals surface area (Å²) in [5.41, 5.74) is 0. The van der Waals surface area contributed by atoms with Crippen LogP contribution in [0.3, 0.4) is 0 Å². The van der Waals surface area contributed by atoms with Crippen molar-refractivity contribution in [2.24, 2.45) is 0 Å². The summed E-state index contributed by atoms with van der Waals surface area (Å²) in [5, 5.41) is 0. The Hall–Kier alpha value is 1.46. The van der Waals surface area contributed by atoms with Gasteiger partial charge in [0.15, 0.2) is 0 Å². The molecule has 0 heterocycles. The van der Waals surface area contributed by atoms with Gasteiger partial charge in [-0.3, -0.25) is 0 Å². The van der Waals surface area contributed by atoms with Crippen LogP contribution in [0.2, 0.25) is 0 Å². The van der Waals surface area contributed by atoms with Gasteiger partial charge in [-0.25, -0.2) is 0 Å². The molecule has 0 rings (SSSR count). The van der Waals surface area contributed by atoms with E-state index in [0.717, 1.165) is 20.7 Å². The van der Waals surface area contributed by atoms with E-state index in [-0.39, 0.29) is 0 Å². The van der Waals surface area contributed by atoms with Gasteiger partial charge in [-0.2, -0.15) is 0 Å². The third kappa shape index (κ3) is 4.81. The molecule has 54 valence electrons. The van der Waals surface area contributed by atoms with Crippen LogP contribution in [0.25, 0.3) is 0 Å². The normalized spacial score (nSPS) is 17.3. The molecular weight excluding hydrogens is 338 g/mol. The molecule has 2 radical (unpaired) electrons. The van der Waals surface area contributed by atoms with Crippen LogP contribution in [0.5, 0.6) is 0 Å². The summed E-state index contributed by atoms with van der Waals surface area (Å²) in [6, 6.07) is 0. The van der Waals surface area contributed by atoms with Gasteiger partial charge in [0.05, 0.1) is 0 Å². The smallest absolute Gasteiger partial charge is 0.0227 e. The van der Waals surface area contributed by atoms with Crippen LogP contribution >= 0.6 is 45.2 Å². The highest BCUT2D eigenvalue weighted by Crippen LogP contribution is 2.22. The Kier molecular flexibility index (Phi) is 7.19. The number of hydrogen-bond acceptors (Lipinski definition) is 0. The van der Waals surface area contributed by atoms with Crippen LogP contribution in [0.15, 0.2) is 0 Å². The first-order valence-corrected chi connectivity index (χ1v) is 5.58. The van der Waals surface area contributed by atoms with Crippen molar-refractivity contribution in [2.45, 2.75) is 27.1 Å². The van der Waals surface area contributed by atoms with E-state index in [1.54, 1.807) is 0 Å². The van der Waals surface area contributed by atoms with Gasteiger partial charge in [-0.15, -0.1) is 0 Å². The standard InChI is InChI=1S/C7H12I2/c1-3-5-7(9)6(8)4-2/h6-7H,1-5H2. The Morgan fingerprint density at radius 3 is 2.00 bits per heavy atom. The van der Waals surface area contributed by atoms with Crippen LogP contribution in [0, 0.1) is 13.8 Å². The SMILES string of the molecule is [CH2]CCC(I)C(I)C[CH2]. The first-order valence-electron chi connectivity index (χ1n) is 3.09. The van der Waals surface area contributed by atoms with E-state index in [1.165, 1.54) is 6.42 Å². The topological polar surface area (TPSA) is 0 Å². The monoisotopic (exact) mass is 350 g/mol. The lowest BCUT2D eigenvalue weighted by Gasteiger charge is -2.12. The summed E-state index contributed by atoms with van der Waals surface area (Å²) < 4.78 is 1.49. The molecule has 2 atom stereocenters. The summed E-state index contributed by atoms with van der Waals surface area (Å²) in [5.74, 6) is 0. The zero-order chi connectivity index (χ0) is 7.28. The summed E-state index contributed by atoms with van der Waals surface area (Å²) in [4.78, 5) is 0. The van der Waals surface area contributed by atoms with Crippen LogP contribution in [-0.2, 0) is 0 Å². The largest absolute Gasteiger partial charge is 0.0815 e. The maximum absolute atomic E-state index is 3.86. The summed E-state index contributed by atoms with van der Waals surface area (Å²) in [6.45, 7) is 7.67. The lowest BCUT2D eigenvalue weighted by atomic mass is 10.2. The van der Waals surface area contributed by atoms with E-state index in [4.69, 9.17) is 0 Å². The molecular formula is C7H12I2. The molecule has 0 nitrogen and oxygen atoms in total. The summed E-state index contributed by atoms with van der Waals surface area (Å²) in [7, 11) is 0. The molecule has 0 saturated carbocycles. The zero-order valence-electron chi connectivity index (χ0n) is 5.45. The molecule has 0 aromatic heterocycles. The second-order valence-corrected chi connectivity index (χ2v) is 5.16. The second kappa shape index (κ2) is 6.19. The maximum Gasteiger partial charge on any atom is 0.0227 e. The van der Waals surface area contributed by atoms with Crippen molar-refractivity contribution in [2.75, 3.05) is 0 Å². The highest BCUT2D eigenvalue weighted by Gasteiger charge is 2.11. The molecule has 0 amide bonds. The summed E-state index contributed by atoms with van der Waals surface area (Å²) in [6.07, 6.45) is 3.31. The molecule has 0 aliphatic heterocycles. The molecule has 0 aromatic rings. The van der Waals surface area contributed by atoms with Crippen molar-refractivity contribution >= 4 is 45.2 Å². The Morgan fingerprint density at radius 1 is 1.11 bits per heavy atom. The van der Waals surface area contributed by atoms with E-state index < -0.39 is 0 Å². The van der Waals surface area contributed by atoms with Crippen LogP contribution in [-0.4, -0.2) is 7.85 Å². The highest BCUT2D eigenvalue weighted by molar-refractivity contribution is 14.1. The molecule has 2 heteroatoms. The van der Waals surface area contributed by atoms with Gasteiger partial charge in [-0.05, 0) is 12.8 Å². The molecule has 0 aromatic carbocycles. The van der Waals surface area contributed by atoms with Crippen LogP contribution in [0.4, 0.5) is 0 Å². The minimum Gasteiger partial charge on any atom is -0.0815 e. The quantitative estimate of drug-likeness (QED) is 0.539. The van der Waals surface area contributed by atoms with Crippen LogP contribution < -0.4 is 0 Å². The highest BCUT2D eigenvalue weighted by atomic mass is 127. The maximum atomic E-state index is 3.86. The van der Waals surface area contributed by atoms with E-state index in [9.17, 15) is 0 Å². The predicted molar refractivity (Wildman–Crippen MR) is 60.2 cm³/mol. The fraction of sp³-hybridized carbons (Fsp3) is 0.714. The van der Waals surface area contributed by atoms with Crippen molar-refractivity contribution in [3.63, 3.8) is 0 Å². The Balaban J connectivity index is 3.32. The lowest BCUT2D eigenvalue weighted by molar-refractivity contribution is 0.767. The Bertz CT molecular complexity index is 63.9. The second-order valence-electron chi connectivity index (χ2n) is 1.96. The van der Waals surface area contributed by atoms with Gasteiger partial charge in [0.2, 0.25) is 0 Å². The molecule has 0 fully saturated rings. The van der Waals surface area contributed by atoms with E-state index in [0.29, 0.717) is 0 Å². The number of rotatable bonds is 4. The molecule has 0 N–H and O–H groups in total. The van der Waals surface area contributed by atoms with Crippen molar-refractivity contribution in [1.82, 2.24) is 0 Å². The van der Waals surface area contributed by atoms with Gasteiger partial charge < -0.3 is 0 Å². The minimum absolute atomic E-state index is 0.727. The van der Waals surface area contributed by atoms with Crippen LogP contribution in [0.1, 0.15) is 19.3 Å². The number of halogens is 2. The third-order valence-corrected chi connectivity index (χ3v) is 5.51. The number of hydrogen-bond donors (Lipinski definition) is 0. The summed E-state index contributed by atoms with van der Waals surface area (Å²) >= 11 is 4.94. The van der Waals surface area contributed by atoms with Gasteiger partial charge >= 0.3 is 0 Å². The number of alkyl halides is 2. The average Bonchev–Trinajstić information content (AvgIpc) is 1.87. The molecule has 0 saturated heterocycles.